The van der Waals surface area contributed by atoms with Crippen LogP contribution < -0.4 is 17.0 Å². The number of nitro benzene ring substituents is 1. The maximum atomic E-state index is 12.8. The van der Waals surface area contributed by atoms with Gasteiger partial charge in [0.2, 0.25) is 0 Å². The van der Waals surface area contributed by atoms with Crippen LogP contribution in [-0.2, 0) is 19.3 Å². The minimum Gasteiger partial charge on any atom is -1.00 e. The molecule has 0 aromatic heterocycles. The van der Waals surface area contributed by atoms with Gasteiger partial charge in [-0.2, -0.15) is 13.2 Å². The van der Waals surface area contributed by atoms with Gasteiger partial charge in [-0.3, -0.25) is 10.1 Å². The van der Waals surface area contributed by atoms with Crippen molar-refractivity contribution in [3.05, 3.63) is 75.3 Å². The van der Waals surface area contributed by atoms with Gasteiger partial charge >= 0.3 is 6.18 Å². The number of aliphatic hydroxyl groups is 1. The van der Waals surface area contributed by atoms with E-state index >= 15 is 0 Å². The van der Waals surface area contributed by atoms with Crippen molar-refractivity contribution in [2.24, 2.45) is 0 Å². The van der Waals surface area contributed by atoms with Gasteiger partial charge in [-0.25, -0.2) is 0 Å². The standard InChI is InChI=1S/C20H22F3N2O3.BrH/c21-20(22,23)17-7-3-15(4-8-17)12-25(11-1-2-19(25)14-26)13-16-5-9-18(10-6-16)24(27)28;/h3-10,19,26H,1-2,11-14H2;1H/q+1;/p-1/t19-,25?;/m0./s1. The molecule has 0 aliphatic carbocycles. The fourth-order valence-corrected chi connectivity index (χ4v) is 4.08. The summed E-state index contributed by atoms with van der Waals surface area (Å²) < 4.78 is 39.0. The molecular weight excluding hydrogens is 453 g/mol. The summed E-state index contributed by atoms with van der Waals surface area (Å²) in [7, 11) is 0. The molecule has 0 spiro atoms. The number of hydrogen-bond donors (Lipinski definition) is 1. The highest BCUT2D eigenvalue weighted by atomic mass is 79.9. The van der Waals surface area contributed by atoms with E-state index in [0.29, 0.717) is 17.6 Å². The lowest BCUT2D eigenvalue weighted by Gasteiger charge is -2.40. The van der Waals surface area contributed by atoms with E-state index < -0.39 is 16.7 Å². The highest BCUT2D eigenvalue weighted by molar-refractivity contribution is 5.32. The van der Waals surface area contributed by atoms with Crippen molar-refractivity contribution >= 4 is 5.69 Å². The Labute approximate surface area is 177 Å². The van der Waals surface area contributed by atoms with Crippen molar-refractivity contribution in [2.75, 3.05) is 13.2 Å². The molecule has 2 atom stereocenters. The predicted molar refractivity (Wildman–Crippen MR) is 97.2 cm³/mol. The molecule has 158 valence electrons. The Bertz CT molecular complexity index is 828. The summed E-state index contributed by atoms with van der Waals surface area (Å²) in [6, 6.07) is 11.5. The van der Waals surface area contributed by atoms with Crippen LogP contribution in [0.1, 0.15) is 29.5 Å². The summed E-state index contributed by atoms with van der Waals surface area (Å²) in [6.07, 6.45) is -2.62. The van der Waals surface area contributed by atoms with Crippen LogP contribution in [0.25, 0.3) is 0 Å². The molecule has 1 N–H and O–H groups in total. The van der Waals surface area contributed by atoms with Gasteiger partial charge in [-0.15, -0.1) is 0 Å². The maximum Gasteiger partial charge on any atom is 0.416 e. The molecule has 1 aliphatic heterocycles. The summed E-state index contributed by atoms with van der Waals surface area (Å²) in [5.41, 5.74) is 1.00. The Morgan fingerprint density at radius 1 is 1.03 bits per heavy atom. The number of nitro groups is 1. The minimum atomic E-state index is -4.37. The molecule has 5 nitrogen and oxygen atoms in total. The number of hydrogen-bond acceptors (Lipinski definition) is 3. The van der Waals surface area contributed by atoms with Crippen molar-refractivity contribution in [2.45, 2.75) is 38.1 Å². The zero-order chi connectivity index (χ0) is 20.4. The Morgan fingerprint density at radius 2 is 1.55 bits per heavy atom. The lowest BCUT2D eigenvalue weighted by atomic mass is 10.1. The van der Waals surface area contributed by atoms with Crippen molar-refractivity contribution in [3.8, 4) is 0 Å². The first-order chi connectivity index (χ1) is 13.2. The SMILES string of the molecule is O=[N+]([O-])c1ccc(C[N+]2(Cc3ccc(C(F)(F)F)cc3)CCC[C@H]2CO)cc1.[Br-]. The van der Waals surface area contributed by atoms with Crippen LogP contribution in [0, 0.1) is 10.1 Å². The first-order valence-electron chi connectivity index (χ1n) is 9.10. The molecular formula is C20H22BrF3N2O3. The lowest BCUT2D eigenvalue weighted by Crippen LogP contribution is -3.00. The molecule has 0 saturated carbocycles. The molecule has 29 heavy (non-hydrogen) atoms. The van der Waals surface area contributed by atoms with Crippen molar-refractivity contribution in [1.29, 1.82) is 0 Å². The molecule has 1 fully saturated rings. The summed E-state index contributed by atoms with van der Waals surface area (Å²) in [6.45, 7) is 1.85. The molecule has 2 aromatic rings. The highest BCUT2D eigenvalue weighted by Crippen LogP contribution is 2.34. The van der Waals surface area contributed by atoms with Crippen LogP contribution >= 0.6 is 0 Å². The molecule has 1 aliphatic rings. The van der Waals surface area contributed by atoms with Crippen LogP contribution in [0.2, 0.25) is 0 Å². The second-order valence-corrected chi connectivity index (χ2v) is 7.36. The molecule has 1 heterocycles. The zero-order valence-electron chi connectivity index (χ0n) is 15.6. The van der Waals surface area contributed by atoms with E-state index in [0.717, 1.165) is 42.6 Å². The Kier molecular flexibility index (Phi) is 7.42. The van der Waals surface area contributed by atoms with Crippen LogP contribution in [0.15, 0.2) is 48.5 Å². The van der Waals surface area contributed by atoms with E-state index in [1.165, 1.54) is 24.3 Å². The van der Waals surface area contributed by atoms with Gasteiger partial charge in [0, 0.05) is 36.1 Å². The maximum absolute atomic E-state index is 12.8. The van der Waals surface area contributed by atoms with Gasteiger partial charge < -0.3 is 26.6 Å². The average Bonchev–Trinajstić information content (AvgIpc) is 3.04. The third-order valence-corrected chi connectivity index (χ3v) is 5.55. The van der Waals surface area contributed by atoms with Crippen molar-refractivity contribution in [1.82, 2.24) is 0 Å². The number of halogens is 4. The third-order valence-electron chi connectivity index (χ3n) is 5.55. The van der Waals surface area contributed by atoms with E-state index in [9.17, 15) is 28.4 Å². The molecule has 2 aromatic carbocycles. The number of nitrogens with zero attached hydrogens (tertiary/aromatic N) is 2. The second-order valence-electron chi connectivity index (χ2n) is 7.36. The molecule has 0 radical (unpaired) electrons. The Balaban J connectivity index is 0.00000300. The Hall–Kier alpha value is -1.97. The monoisotopic (exact) mass is 474 g/mol. The fraction of sp³-hybridized carbons (Fsp3) is 0.400. The number of quaternary nitrogens is 1. The number of aliphatic hydroxyl groups excluding tert-OH is 1. The van der Waals surface area contributed by atoms with E-state index in [-0.39, 0.29) is 35.3 Å². The van der Waals surface area contributed by atoms with Crippen molar-refractivity contribution in [3.63, 3.8) is 0 Å². The highest BCUT2D eigenvalue weighted by Gasteiger charge is 2.41. The topological polar surface area (TPSA) is 63.4 Å². The van der Waals surface area contributed by atoms with Crippen LogP contribution in [0.5, 0.6) is 0 Å². The number of likely N-dealkylation sites (tertiary alicyclic amines) is 1. The van der Waals surface area contributed by atoms with Gasteiger partial charge in [0.25, 0.3) is 5.69 Å². The number of benzene rings is 2. The smallest absolute Gasteiger partial charge is 0.416 e. The quantitative estimate of drug-likeness (QED) is 0.389. The summed E-state index contributed by atoms with van der Waals surface area (Å²) >= 11 is 0. The third kappa shape index (κ3) is 5.34. The van der Waals surface area contributed by atoms with E-state index in [4.69, 9.17) is 0 Å². The van der Waals surface area contributed by atoms with Gasteiger partial charge in [0.1, 0.15) is 19.1 Å². The lowest BCUT2D eigenvalue weighted by molar-refractivity contribution is -0.964. The van der Waals surface area contributed by atoms with Crippen LogP contribution in [0.4, 0.5) is 18.9 Å². The van der Waals surface area contributed by atoms with E-state index in [2.05, 4.69) is 0 Å². The summed E-state index contributed by atoms with van der Waals surface area (Å²) in [4.78, 5) is 10.4. The van der Waals surface area contributed by atoms with Gasteiger partial charge in [-0.05, 0) is 24.3 Å². The fourth-order valence-electron chi connectivity index (χ4n) is 4.08. The average molecular weight is 475 g/mol. The molecule has 9 heteroatoms. The Morgan fingerprint density at radius 3 is 2.00 bits per heavy atom. The number of rotatable bonds is 6. The van der Waals surface area contributed by atoms with Crippen LogP contribution in [0.3, 0.4) is 0 Å². The normalized spacial score (nSPS) is 21.6. The molecule has 3 rings (SSSR count). The van der Waals surface area contributed by atoms with Crippen LogP contribution in [-0.4, -0.2) is 33.7 Å². The van der Waals surface area contributed by atoms with E-state index in [1.807, 2.05) is 0 Å². The summed E-state index contributed by atoms with van der Waals surface area (Å²) in [5.74, 6) is 0. The first kappa shape index (κ1) is 23.3. The number of alkyl halides is 3. The molecule has 0 amide bonds. The van der Waals surface area contributed by atoms with Gasteiger partial charge in [-0.1, -0.05) is 12.1 Å². The molecule has 1 saturated heterocycles. The summed E-state index contributed by atoms with van der Waals surface area (Å²) in [5, 5.41) is 20.7. The van der Waals surface area contributed by atoms with Gasteiger partial charge in [0.05, 0.1) is 23.6 Å². The second kappa shape index (κ2) is 9.23. The molecule has 1 unspecified atom stereocenters. The zero-order valence-corrected chi connectivity index (χ0v) is 17.2. The van der Waals surface area contributed by atoms with Crippen molar-refractivity contribution < 1.29 is 44.7 Å². The largest absolute Gasteiger partial charge is 1.00 e. The number of non-ortho nitro benzene ring substituents is 1. The molecule has 0 bridgehead atoms. The van der Waals surface area contributed by atoms with E-state index in [1.54, 1.807) is 12.1 Å². The minimum absolute atomic E-state index is 0. The van der Waals surface area contributed by atoms with Gasteiger partial charge in [0.15, 0.2) is 0 Å². The predicted octanol–water partition coefficient (Wildman–Crippen LogP) is 1.29. The first-order valence-corrected chi connectivity index (χ1v) is 9.10.